The summed E-state index contributed by atoms with van der Waals surface area (Å²) in [7, 11) is 0. The van der Waals surface area contributed by atoms with Crippen LogP contribution in [0.1, 0.15) is 50.7 Å². The molecule has 1 aliphatic rings. The molecule has 24 heavy (non-hydrogen) atoms. The third-order valence-corrected chi connectivity index (χ3v) is 4.51. The molecular formula is C19H28N2O2S. The number of thiocarbonyl (C=S) groups is 1. The first-order valence-corrected chi connectivity index (χ1v) is 9.15. The summed E-state index contributed by atoms with van der Waals surface area (Å²) in [6.45, 7) is 7.77. The fourth-order valence-corrected chi connectivity index (χ4v) is 3.03. The van der Waals surface area contributed by atoms with Crippen molar-refractivity contribution < 1.29 is 9.53 Å². The first-order chi connectivity index (χ1) is 11.5. The average molecular weight is 349 g/mol. The first-order valence-electron chi connectivity index (χ1n) is 8.75. The van der Waals surface area contributed by atoms with Gasteiger partial charge >= 0.3 is 0 Å². The van der Waals surface area contributed by atoms with Gasteiger partial charge in [-0.15, -0.1) is 0 Å². The van der Waals surface area contributed by atoms with E-state index in [9.17, 15) is 4.79 Å². The van der Waals surface area contributed by atoms with Crippen LogP contribution in [0.2, 0.25) is 0 Å². The summed E-state index contributed by atoms with van der Waals surface area (Å²) in [5, 5.41) is 6.22. The van der Waals surface area contributed by atoms with Gasteiger partial charge in [0.15, 0.2) is 5.11 Å². The van der Waals surface area contributed by atoms with Crippen LogP contribution in [0.5, 0.6) is 0 Å². The molecule has 1 aliphatic heterocycles. The van der Waals surface area contributed by atoms with Gasteiger partial charge in [0.25, 0.3) is 0 Å². The summed E-state index contributed by atoms with van der Waals surface area (Å²) in [5.41, 5.74) is 2.30. The monoisotopic (exact) mass is 348 g/mol. The Bertz CT molecular complexity index is 551. The SMILES string of the molecule is CC(C)Cc1ccc(C(C)C(=O)NC(=S)NCC2CCCO2)cc1. The number of rotatable bonds is 6. The first kappa shape index (κ1) is 18.9. The van der Waals surface area contributed by atoms with Crippen LogP contribution in [0.4, 0.5) is 0 Å². The van der Waals surface area contributed by atoms with Crippen molar-refractivity contribution in [2.75, 3.05) is 13.2 Å². The van der Waals surface area contributed by atoms with Crippen LogP contribution < -0.4 is 10.6 Å². The Morgan fingerprint density at radius 3 is 2.58 bits per heavy atom. The highest BCUT2D eigenvalue weighted by atomic mass is 32.1. The van der Waals surface area contributed by atoms with Gasteiger partial charge in [-0.2, -0.15) is 0 Å². The number of hydrogen-bond donors (Lipinski definition) is 2. The number of nitrogens with one attached hydrogen (secondary N) is 2. The van der Waals surface area contributed by atoms with Gasteiger partial charge in [-0.05, 0) is 55.4 Å². The maximum absolute atomic E-state index is 12.3. The van der Waals surface area contributed by atoms with Gasteiger partial charge in [-0.3, -0.25) is 4.79 Å². The van der Waals surface area contributed by atoms with Gasteiger partial charge in [0.1, 0.15) is 0 Å². The van der Waals surface area contributed by atoms with Gasteiger partial charge < -0.3 is 15.4 Å². The second-order valence-corrected chi connectivity index (χ2v) is 7.30. The molecule has 0 aromatic heterocycles. The van der Waals surface area contributed by atoms with Crippen LogP contribution in [0.25, 0.3) is 0 Å². The number of ether oxygens (including phenoxy) is 1. The molecule has 0 radical (unpaired) electrons. The fourth-order valence-electron chi connectivity index (χ4n) is 2.84. The standard InChI is InChI=1S/C19H28N2O2S/c1-13(2)11-15-6-8-16(9-7-15)14(3)18(22)21-19(24)20-12-17-5-4-10-23-17/h6-9,13-14,17H,4-5,10-12H2,1-3H3,(H2,20,21,22,24). The molecule has 5 heteroatoms. The van der Waals surface area contributed by atoms with Gasteiger partial charge in [0, 0.05) is 13.2 Å². The molecule has 0 spiro atoms. The molecule has 0 bridgehead atoms. The van der Waals surface area contributed by atoms with E-state index >= 15 is 0 Å². The lowest BCUT2D eigenvalue weighted by atomic mass is 9.96. The van der Waals surface area contributed by atoms with E-state index in [0.717, 1.165) is 31.4 Å². The van der Waals surface area contributed by atoms with E-state index in [1.807, 2.05) is 19.1 Å². The lowest BCUT2D eigenvalue weighted by Gasteiger charge is -2.16. The maximum Gasteiger partial charge on any atom is 0.233 e. The Hall–Kier alpha value is -1.46. The van der Waals surface area contributed by atoms with Crippen LogP contribution in [-0.2, 0) is 16.0 Å². The van der Waals surface area contributed by atoms with Gasteiger partial charge in [0.2, 0.25) is 5.91 Å². The normalized spacial score (nSPS) is 18.4. The second kappa shape index (κ2) is 9.14. The number of amides is 1. The van der Waals surface area contributed by atoms with E-state index in [1.54, 1.807) is 0 Å². The summed E-state index contributed by atoms with van der Waals surface area (Å²) < 4.78 is 5.53. The molecule has 1 saturated heterocycles. The molecule has 1 heterocycles. The smallest absolute Gasteiger partial charge is 0.233 e. The highest BCUT2D eigenvalue weighted by Crippen LogP contribution is 2.17. The predicted octanol–water partition coefficient (Wildman–Crippen LogP) is 3.16. The largest absolute Gasteiger partial charge is 0.376 e. The molecule has 1 aromatic carbocycles. The number of carbonyl (C=O) groups excluding carboxylic acids is 1. The Labute approximate surface area is 150 Å². The van der Waals surface area contributed by atoms with Gasteiger partial charge in [0.05, 0.1) is 12.0 Å². The molecule has 2 N–H and O–H groups in total. The van der Waals surface area contributed by atoms with Crippen molar-refractivity contribution in [1.82, 2.24) is 10.6 Å². The Balaban J connectivity index is 1.81. The lowest BCUT2D eigenvalue weighted by Crippen LogP contribution is -2.43. The predicted molar refractivity (Wildman–Crippen MR) is 101 cm³/mol. The van der Waals surface area contributed by atoms with Crippen LogP contribution in [0.3, 0.4) is 0 Å². The zero-order valence-electron chi connectivity index (χ0n) is 14.8. The summed E-state index contributed by atoms with van der Waals surface area (Å²) >= 11 is 5.20. The summed E-state index contributed by atoms with van der Waals surface area (Å²) in [5.74, 6) is 0.306. The summed E-state index contributed by atoms with van der Waals surface area (Å²) in [6, 6.07) is 8.27. The van der Waals surface area contributed by atoms with E-state index in [0.29, 0.717) is 17.6 Å². The molecule has 4 nitrogen and oxygen atoms in total. The van der Waals surface area contributed by atoms with E-state index in [1.165, 1.54) is 5.56 Å². The van der Waals surface area contributed by atoms with Crippen molar-refractivity contribution in [2.24, 2.45) is 5.92 Å². The van der Waals surface area contributed by atoms with Gasteiger partial charge in [-0.25, -0.2) is 0 Å². The summed E-state index contributed by atoms with van der Waals surface area (Å²) in [6.07, 6.45) is 3.39. The van der Waals surface area contributed by atoms with Crippen molar-refractivity contribution in [3.63, 3.8) is 0 Å². The molecule has 1 amide bonds. The molecule has 1 fully saturated rings. The third kappa shape index (κ3) is 5.87. The van der Waals surface area contributed by atoms with E-state index in [4.69, 9.17) is 17.0 Å². The van der Waals surface area contributed by atoms with Crippen LogP contribution in [-0.4, -0.2) is 30.3 Å². The highest BCUT2D eigenvalue weighted by molar-refractivity contribution is 7.80. The zero-order valence-corrected chi connectivity index (χ0v) is 15.6. The Morgan fingerprint density at radius 1 is 1.29 bits per heavy atom. The molecule has 2 atom stereocenters. The molecule has 0 saturated carbocycles. The average Bonchev–Trinajstić information content (AvgIpc) is 3.06. The Kier molecular flexibility index (Phi) is 7.18. The minimum atomic E-state index is -0.236. The molecule has 132 valence electrons. The molecule has 1 aromatic rings. The van der Waals surface area contributed by atoms with Crippen LogP contribution >= 0.6 is 12.2 Å². The molecule has 2 unspecified atom stereocenters. The number of hydrogen-bond acceptors (Lipinski definition) is 3. The maximum atomic E-state index is 12.3. The van der Waals surface area contributed by atoms with Crippen molar-refractivity contribution in [3.8, 4) is 0 Å². The molecule has 2 rings (SSSR count). The van der Waals surface area contributed by atoms with Crippen molar-refractivity contribution >= 4 is 23.2 Å². The van der Waals surface area contributed by atoms with Crippen molar-refractivity contribution in [2.45, 2.75) is 52.1 Å². The number of carbonyl (C=O) groups is 1. The molecular weight excluding hydrogens is 320 g/mol. The third-order valence-electron chi connectivity index (χ3n) is 4.27. The quantitative estimate of drug-likeness (QED) is 0.776. The fraction of sp³-hybridized carbons (Fsp3) is 0.579. The topological polar surface area (TPSA) is 50.4 Å². The zero-order chi connectivity index (χ0) is 17.5. The number of benzene rings is 1. The van der Waals surface area contributed by atoms with Gasteiger partial charge in [-0.1, -0.05) is 38.1 Å². The second-order valence-electron chi connectivity index (χ2n) is 6.90. The minimum absolute atomic E-state index is 0.0866. The van der Waals surface area contributed by atoms with E-state index < -0.39 is 0 Å². The summed E-state index contributed by atoms with van der Waals surface area (Å²) in [4.78, 5) is 12.3. The van der Waals surface area contributed by atoms with Crippen molar-refractivity contribution in [3.05, 3.63) is 35.4 Å². The van der Waals surface area contributed by atoms with Crippen LogP contribution in [0, 0.1) is 5.92 Å². The molecule has 0 aliphatic carbocycles. The van der Waals surface area contributed by atoms with E-state index in [-0.39, 0.29) is 17.9 Å². The van der Waals surface area contributed by atoms with Crippen molar-refractivity contribution in [1.29, 1.82) is 0 Å². The minimum Gasteiger partial charge on any atom is -0.376 e. The Morgan fingerprint density at radius 2 is 2.00 bits per heavy atom. The van der Waals surface area contributed by atoms with E-state index in [2.05, 4.69) is 36.6 Å². The van der Waals surface area contributed by atoms with Crippen LogP contribution in [0.15, 0.2) is 24.3 Å². The lowest BCUT2D eigenvalue weighted by molar-refractivity contribution is -0.120. The highest BCUT2D eigenvalue weighted by Gasteiger charge is 2.18.